The van der Waals surface area contributed by atoms with Crippen LogP contribution in [0.5, 0.6) is 0 Å². The van der Waals surface area contributed by atoms with Gasteiger partial charge in [0.05, 0.1) is 28.7 Å². The summed E-state index contributed by atoms with van der Waals surface area (Å²) in [6, 6.07) is 29.6. The Morgan fingerprint density at radius 2 is 1.54 bits per heavy atom. The van der Waals surface area contributed by atoms with Gasteiger partial charge < -0.3 is 10.1 Å². The predicted octanol–water partition coefficient (Wildman–Crippen LogP) is 7.43. The Morgan fingerprint density at radius 1 is 0.848 bits per heavy atom. The Bertz CT molecular complexity index is 1780. The van der Waals surface area contributed by atoms with Gasteiger partial charge in [0.15, 0.2) is 12.4 Å². The lowest BCUT2D eigenvalue weighted by Crippen LogP contribution is -2.31. The van der Waals surface area contributed by atoms with E-state index in [1.807, 2.05) is 30.3 Å². The Hall–Kier alpha value is -4.94. The van der Waals surface area contributed by atoms with Gasteiger partial charge >= 0.3 is 5.97 Å². The molecule has 1 N–H and O–H groups in total. The van der Waals surface area contributed by atoms with Crippen molar-refractivity contribution in [2.24, 2.45) is 10.2 Å². The van der Waals surface area contributed by atoms with Crippen molar-refractivity contribution in [1.29, 1.82) is 0 Å². The highest BCUT2D eigenvalue weighted by Gasteiger charge is 2.40. The summed E-state index contributed by atoms with van der Waals surface area (Å²) in [5.74, 6) is -2.06. The van der Waals surface area contributed by atoms with Gasteiger partial charge in [-0.15, -0.1) is 11.8 Å². The molecule has 0 spiro atoms. The molecule has 1 aliphatic rings. The second-order valence-corrected chi connectivity index (χ2v) is 12.3. The van der Waals surface area contributed by atoms with Crippen molar-refractivity contribution in [3.63, 3.8) is 0 Å². The maximum Gasteiger partial charge on any atom is 0.306 e. The number of halogens is 1. The van der Waals surface area contributed by atoms with Crippen LogP contribution in [-0.4, -0.2) is 41.3 Å². The second-order valence-electron chi connectivity index (χ2n) is 10.1. The van der Waals surface area contributed by atoms with E-state index < -0.39 is 23.7 Å². The summed E-state index contributed by atoms with van der Waals surface area (Å²) in [6.07, 6.45) is -0.305. The minimum absolute atomic E-state index is 0.0297. The zero-order chi connectivity index (χ0) is 32.5. The summed E-state index contributed by atoms with van der Waals surface area (Å²) in [5, 5.41) is 10.5. The Kier molecular flexibility index (Phi) is 10.8. The van der Waals surface area contributed by atoms with E-state index >= 15 is 0 Å². The number of esters is 1. The number of amides is 3. The molecule has 232 valence electrons. The average Bonchev–Trinajstić information content (AvgIpc) is 3.34. The lowest BCUT2D eigenvalue weighted by molar-refractivity contribution is -0.143. The van der Waals surface area contributed by atoms with E-state index in [4.69, 9.17) is 4.74 Å². The summed E-state index contributed by atoms with van der Waals surface area (Å²) in [5.41, 5.74) is 2.64. The minimum Gasteiger partial charge on any atom is -0.457 e. The van der Waals surface area contributed by atoms with E-state index in [2.05, 4.69) is 31.5 Å². The first-order valence-corrected chi connectivity index (χ1v) is 15.9. The van der Waals surface area contributed by atoms with Crippen LogP contribution in [0.2, 0.25) is 0 Å². The number of Topliss-reactive ketones (excluding diaryl/α,β-unsaturated/α-hetero) is 1. The number of benzene rings is 4. The molecule has 1 saturated heterocycles. The third-order valence-corrected chi connectivity index (χ3v) is 8.44. The highest BCUT2D eigenvalue weighted by atomic mass is 79.9. The maximum absolute atomic E-state index is 13.2. The van der Waals surface area contributed by atoms with Crippen LogP contribution in [0.3, 0.4) is 0 Å². The first-order chi connectivity index (χ1) is 22.2. The topological polar surface area (TPSA) is 135 Å². The molecule has 0 aliphatic carbocycles. The van der Waals surface area contributed by atoms with Gasteiger partial charge in [0.2, 0.25) is 17.7 Å². The zero-order valence-corrected chi connectivity index (χ0v) is 26.7. The minimum atomic E-state index is -0.662. The van der Waals surface area contributed by atoms with Crippen LogP contribution in [0, 0.1) is 0 Å². The van der Waals surface area contributed by atoms with Gasteiger partial charge in [0.1, 0.15) is 0 Å². The van der Waals surface area contributed by atoms with Crippen LogP contribution in [0.25, 0.3) is 0 Å². The molecule has 0 unspecified atom stereocenters. The number of rotatable bonds is 12. The monoisotopic (exact) mass is 698 g/mol. The molecule has 1 aliphatic heterocycles. The van der Waals surface area contributed by atoms with Crippen LogP contribution >= 0.6 is 27.7 Å². The first kappa shape index (κ1) is 32.5. The van der Waals surface area contributed by atoms with Crippen molar-refractivity contribution in [3.05, 3.63) is 113 Å². The largest absolute Gasteiger partial charge is 0.457 e. The third kappa shape index (κ3) is 8.83. The van der Waals surface area contributed by atoms with Crippen molar-refractivity contribution in [1.82, 2.24) is 0 Å². The fraction of sp³-hybridized carbons (Fsp3) is 0.147. The summed E-state index contributed by atoms with van der Waals surface area (Å²) in [4.78, 5) is 64.7. The van der Waals surface area contributed by atoms with E-state index in [0.29, 0.717) is 33.2 Å². The molecule has 4 aromatic carbocycles. The van der Waals surface area contributed by atoms with Gasteiger partial charge in [-0.05, 0) is 66.7 Å². The van der Waals surface area contributed by atoms with Crippen LogP contribution in [0.1, 0.15) is 29.6 Å². The average molecular weight is 700 g/mol. The van der Waals surface area contributed by atoms with Crippen molar-refractivity contribution in [2.75, 3.05) is 16.8 Å². The summed E-state index contributed by atoms with van der Waals surface area (Å²) in [7, 11) is 0. The van der Waals surface area contributed by atoms with Crippen molar-refractivity contribution in [2.45, 2.75) is 29.4 Å². The quantitative estimate of drug-likeness (QED) is 0.0703. The molecule has 0 bridgehead atoms. The summed E-state index contributed by atoms with van der Waals surface area (Å²) in [6.45, 7) is -0.409. The molecule has 4 aromatic rings. The Balaban J connectivity index is 1.10. The number of nitrogens with zero attached hydrogens (tertiary/aromatic N) is 3. The highest BCUT2D eigenvalue weighted by molar-refractivity contribution is 9.10. The van der Waals surface area contributed by atoms with Crippen LogP contribution in [-0.2, 0) is 23.9 Å². The number of ether oxygens (including phenoxy) is 1. The van der Waals surface area contributed by atoms with E-state index in [-0.39, 0.29) is 36.9 Å². The number of hydrogen-bond acceptors (Lipinski definition) is 9. The maximum atomic E-state index is 13.2. The van der Waals surface area contributed by atoms with Gasteiger partial charge in [0, 0.05) is 33.5 Å². The summed E-state index contributed by atoms with van der Waals surface area (Å²) < 4.78 is 5.84. The number of ketones is 1. The molecular formula is C34H27BrN4O6S. The number of carbonyl (C=O) groups is 5. The van der Waals surface area contributed by atoms with E-state index in [0.717, 1.165) is 4.47 Å². The molecule has 3 amide bonds. The first-order valence-electron chi connectivity index (χ1n) is 14.2. The van der Waals surface area contributed by atoms with Gasteiger partial charge in [-0.2, -0.15) is 10.2 Å². The molecule has 10 nitrogen and oxygen atoms in total. The molecular weight excluding hydrogens is 672 g/mol. The molecule has 0 radical (unpaired) electrons. The third-order valence-electron chi connectivity index (χ3n) is 6.73. The second kappa shape index (κ2) is 15.4. The van der Waals surface area contributed by atoms with Gasteiger partial charge in [-0.1, -0.05) is 52.3 Å². The molecule has 46 heavy (non-hydrogen) atoms. The number of imide groups is 1. The predicted molar refractivity (Wildman–Crippen MR) is 178 cm³/mol. The van der Waals surface area contributed by atoms with Gasteiger partial charge in [-0.25, -0.2) is 4.90 Å². The fourth-order valence-electron chi connectivity index (χ4n) is 4.43. The number of nitrogens with one attached hydrogen (secondary N) is 1. The number of carbonyl (C=O) groups excluding carboxylic acids is 5. The van der Waals surface area contributed by atoms with Crippen LogP contribution < -0.4 is 10.2 Å². The molecule has 1 fully saturated rings. The van der Waals surface area contributed by atoms with E-state index in [9.17, 15) is 24.0 Å². The highest BCUT2D eigenvalue weighted by Crippen LogP contribution is 2.35. The van der Waals surface area contributed by atoms with Gasteiger partial charge in [0.25, 0.3) is 0 Å². The lowest BCUT2D eigenvalue weighted by Gasteiger charge is -2.15. The van der Waals surface area contributed by atoms with Crippen molar-refractivity contribution >= 4 is 79.9 Å². The molecule has 5 rings (SSSR count). The van der Waals surface area contributed by atoms with E-state index in [1.165, 1.54) is 16.7 Å². The SMILES string of the molecule is O=C(CCC(=O)OCC(=O)c1ccc(Br)cc1)Nc1cccc(S[C@H]2CC(=O)N(c3ccc(N=Nc4ccccc4)cc3)C2=O)c1. The van der Waals surface area contributed by atoms with Crippen molar-refractivity contribution in [3.8, 4) is 0 Å². The number of azo groups is 1. The van der Waals surface area contributed by atoms with Crippen LogP contribution in [0.4, 0.5) is 22.7 Å². The lowest BCUT2D eigenvalue weighted by atomic mass is 10.1. The Morgan fingerprint density at radius 3 is 2.26 bits per heavy atom. The fourth-order valence-corrected chi connectivity index (χ4v) is 5.81. The van der Waals surface area contributed by atoms with Crippen molar-refractivity contribution < 1.29 is 28.7 Å². The smallest absolute Gasteiger partial charge is 0.306 e. The van der Waals surface area contributed by atoms with Crippen LogP contribution in [0.15, 0.2) is 123 Å². The molecule has 1 heterocycles. The number of hydrogen-bond donors (Lipinski definition) is 1. The number of anilines is 2. The molecule has 0 aromatic heterocycles. The molecule has 0 saturated carbocycles. The number of thioether (sulfide) groups is 1. The Labute approximate surface area is 277 Å². The zero-order valence-electron chi connectivity index (χ0n) is 24.3. The summed E-state index contributed by atoms with van der Waals surface area (Å²) >= 11 is 4.53. The molecule has 12 heteroatoms. The molecule has 1 atom stereocenters. The standard InChI is InChI=1S/C34H27BrN4O6S/c35-23-11-9-22(10-12-23)29(40)21-45-33(43)18-17-31(41)36-26-7-4-8-28(19-26)46-30-20-32(42)39(34(30)44)27-15-13-25(14-16-27)38-37-24-5-2-1-3-6-24/h1-16,19,30H,17-18,20-21H2,(H,36,41)/t30-/m0/s1. The normalized spacial score (nSPS) is 14.5. The van der Waals surface area contributed by atoms with E-state index in [1.54, 1.807) is 72.8 Å². The van der Waals surface area contributed by atoms with Gasteiger partial charge in [-0.3, -0.25) is 24.0 Å².